The van der Waals surface area contributed by atoms with Gasteiger partial charge in [0.15, 0.2) is 5.82 Å². The molecule has 0 aliphatic heterocycles. The van der Waals surface area contributed by atoms with Gasteiger partial charge in [0, 0.05) is 6.54 Å². The number of aryl methyl sites for hydroxylation is 1. The van der Waals surface area contributed by atoms with E-state index >= 15 is 0 Å². The van der Waals surface area contributed by atoms with Crippen LogP contribution in [0.5, 0.6) is 6.01 Å². The summed E-state index contributed by atoms with van der Waals surface area (Å²) < 4.78 is 34.3. The summed E-state index contributed by atoms with van der Waals surface area (Å²) in [4.78, 5) is 0.230. The molecule has 0 saturated carbocycles. The van der Waals surface area contributed by atoms with E-state index in [-0.39, 0.29) is 4.90 Å². The SMILES string of the molecule is CCn1c(OC)nnc1[C@@H](C)NS(=O)(=O)c1cccc(C)c1. The van der Waals surface area contributed by atoms with E-state index in [1.807, 2.05) is 19.9 Å². The van der Waals surface area contributed by atoms with E-state index in [9.17, 15) is 8.42 Å². The Kier molecular flexibility index (Phi) is 4.82. The summed E-state index contributed by atoms with van der Waals surface area (Å²) in [6, 6.07) is 6.58. The molecule has 1 aromatic heterocycles. The van der Waals surface area contributed by atoms with Crippen molar-refractivity contribution in [3.63, 3.8) is 0 Å². The molecular weight excluding hydrogens is 304 g/mol. The Balaban J connectivity index is 2.28. The van der Waals surface area contributed by atoms with Gasteiger partial charge in [-0.1, -0.05) is 17.2 Å². The monoisotopic (exact) mass is 324 g/mol. The van der Waals surface area contributed by atoms with Crippen molar-refractivity contribution in [2.24, 2.45) is 0 Å². The molecule has 7 nitrogen and oxygen atoms in total. The van der Waals surface area contributed by atoms with Gasteiger partial charge in [0.2, 0.25) is 10.0 Å². The average molecular weight is 324 g/mol. The Morgan fingerprint density at radius 2 is 2.09 bits per heavy atom. The molecule has 0 aliphatic rings. The first-order valence-electron chi connectivity index (χ1n) is 6.95. The van der Waals surface area contributed by atoms with Gasteiger partial charge in [-0.3, -0.25) is 4.57 Å². The van der Waals surface area contributed by atoms with Crippen molar-refractivity contribution in [2.75, 3.05) is 7.11 Å². The van der Waals surface area contributed by atoms with E-state index in [0.29, 0.717) is 18.4 Å². The number of sulfonamides is 1. The second kappa shape index (κ2) is 6.45. The minimum atomic E-state index is -3.62. The number of aromatic nitrogens is 3. The van der Waals surface area contributed by atoms with E-state index in [0.717, 1.165) is 5.56 Å². The van der Waals surface area contributed by atoms with E-state index < -0.39 is 16.1 Å². The Labute approximate surface area is 130 Å². The highest BCUT2D eigenvalue weighted by atomic mass is 32.2. The topological polar surface area (TPSA) is 86.1 Å². The summed E-state index contributed by atoms with van der Waals surface area (Å²) in [5.74, 6) is 0.510. The van der Waals surface area contributed by atoms with Crippen LogP contribution in [0.4, 0.5) is 0 Å². The van der Waals surface area contributed by atoms with Crippen molar-refractivity contribution in [3.05, 3.63) is 35.7 Å². The molecule has 0 spiro atoms. The minimum Gasteiger partial charge on any atom is -0.467 e. The first-order chi connectivity index (χ1) is 10.4. The van der Waals surface area contributed by atoms with Crippen LogP contribution in [-0.2, 0) is 16.6 Å². The van der Waals surface area contributed by atoms with Crippen molar-refractivity contribution in [1.29, 1.82) is 0 Å². The summed E-state index contributed by atoms with van der Waals surface area (Å²) >= 11 is 0. The predicted molar refractivity (Wildman–Crippen MR) is 82.2 cm³/mol. The molecule has 0 unspecified atom stereocenters. The molecule has 2 aromatic rings. The van der Waals surface area contributed by atoms with Crippen LogP contribution < -0.4 is 9.46 Å². The largest absolute Gasteiger partial charge is 0.467 e. The average Bonchev–Trinajstić information content (AvgIpc) is 2.89. The molecule has 0 radical (unpaired) electrons. The van der Waals surface area contributed by atoms with Crippen molar-refractivity contribution in [1.82, 2.24) is 19.5 Å². The first-order valence-corrected chi connectivity index (χ1v) is 8.43. The smallest absolute Gasteiger partial charge is 0.316 e. The Morgan fingerprint density at radius 1 is 1.36 bits per heavy atom. The highest BCUT2D eigenvalue weighted by Gasteiger charge is 2.23. The van der Waals surface area contributed by atoms with Gasteiger partial charge < -0.3 is 4.74 Å². The normalized spacial score (nSPS) is 13.1. The number of rotatable bonds is 6. The van der Waals surface area contributed by atoms with Gasteiger partial charge in [-0.05, 0) is 38.5 Å². The number of methoxy groups -OCH3 is 1. The van der Waals surface area contributed by atoms with Gasteiger partial charge in [-0.25, -0.2) is 13.1 Å². The maximum Gasteiger partial charge on any atom is 0.316 e. The molecule has 1 heterocycles. The summed E-state index contributed by atoms with van der Waals surface area (Å²) in [6.07, 6.45) is 0. The molecule has 120 valence electrons. The summed E-state index contributed by atoms with van der Waals surface area (Å²) in [5, 5.41) is 7.91. The lowest BCUT2D eigenvalue weighted by atomic mass is 10.2. The molecular formula is C14H20N4O3S. The summed E-state index contributed by atoms with van der Waals surface area (Å²) in [5.41, 5.74) is 0.883. The second-order valence-electron chi connectivity index (χ2n) is 4.95. The lowest BCUT2D eigenvalue weighted by molar-refractivity contribution is 0.354. The van der Waals surface area contributed by atoms with Crippen LogP contribution >= 0.6 is 0 Å². The van der Waals surface area contributed by atoms with Crippen LogP contribution in [0.25, 0.3) is 0 Å². The number of benzene rings is 1. The summed E-state index contributed by atoms with van der Waals surface area (Å²) in [7, 11) is -2.12. The van der Waals surface area contributed by atoms with E-state index in [2.05, 4.69) is 14.9 Å². The number of ether oxygens (including phenoxy) is 1. The highest BCUT2D eigenvalue weighted by Crippen LogP contribution is 2.19. The fourth-order valence-corrected chi connectivity index (χ4v) is 3.51. The standard InChI is InChI=1S/C14H20N4O3S/c1-5-18-13(15-16-14(18)21-4)11(3)17-22(19,20)12-8-6-7-10(2)9-12/h6-9,11,17H,5H2,1-4H3/t11-/m1/s1. The van der Waals surface area contributed by atoms with Crippen LogP contribution in [-0.4, -0.2) is 30.3 Å². The third-order valence-corrected chi connectivity index (χ3v) is 4.80. The molecule has 8 heteroatoms. The molecule has 0 saturated heterocycles. The third kappa shape index (κ3) is 3.28. The van der Waals surface area contributed by atoms with Gasteiger partial charge >= 0.3 is 6.01 Å². The van der Waals surface area contributed by atoms with Gasteiger partial charge in [0.1, 0.15) is 0 Å². The van der Waals surface area contributed by atoms with Gasteiger partial charge in [-0.15, -0.1) is 5.10 Å². The van der Waals surface area contributed by atoms with E-state index in [4.69, 9.17) is 4.74 Å². The lowest BCUT2D eigenvalue weighted by Crippen LogP contribution is -2.29. The number of nitrogens with zero attached hydrogens (tertiary/aromatic N) is 3. The van der Waals surface area contributed by atoms with Crippen LogP contribution in [0, 0.1) is 6.92 Å². The molecule has 2 rings (SSSR count). The first kappa shape index (κ1) is 16.4. The fourth-order valence-electron chi connectivity index (χ4n) is 2.20. The van der Waals surface area contributed by atoms with Gasteiger partial charge in [0.25, 0.3) is 0 Å². The van der Waals surface area contributed by atoms with E-state index in [1.165, 1.54) is 7.11 Å². The van der Waals surface area contributed by atoms with Crippen LogP contribution in [0.1, 0.15) is 31.3 Å². The second-order valence-corrected chi connectivity index (χ2v) is 6.66. The molecule has 0 bridgehead atoms. The lowest BCUT2D eigenvalue weighted by Gasteiger charge is -2.15. The minimum absolute atomic E-state index is 0.230. The maximum absolute atomic E-state index is 12.4. The number of hydrogen-bond acceptors (Lipinski definition) is 5. The molecule has 22 heavy (non-hydrogen) atoms. The Hall–Kier alpha value is -1.93. The Morgan fingerprint density at radius 3 is 2.68 bits per heavy atom. The molecule has 0 aliphatic carbocycles. The van der Waals surface area contributed by atoms with Crippen molar-refractivity contribution in [2.45, 2.75) is 38.3 Å². The molecule has 0 amide bonds. The highest BCUT2D eigenvalue weighted by molar-refractivity contribution is 7.89. The zero-order valence-corrected chi connectivity index (χ0v) is 13.9. The van der Waals surface area contributed by atoms with Crippen LogP contribution in [0.3, 0.4) is 0 Å². The molecule has 1 N–H and O–H groups in total. The molecule has 0 fully saturated rings. The molecule has 1 atom stereocenters. The number of hydrogen-bond donors (Lipinski definition) is 1. The molecule has 1 aromatic carbocycles. The quantitative estimate of drug-likeness (QED) is 0.873. The van der Waals surface area contributed by atoms with Crippen LogP contribution in [0.2, 0.25) is 0 Å². The predicted octanol–water partition coefficient (Wildman–Crippen LogP) is 1.65. The number of nitrogens with one attached hydrogen (secondary N) is 1. The van der Waals surface area contributed by atoms with Crippen LogP contribution in [0.15, 0.2) is 29.2 Å². The van der Waals surface area contributed by atoms with Crippen molar-refractivity contribution in [3.8, 4) is 6.01 Å². The maximum atomic E-state index is 12.4. The third-order valence-electron chi connectivity index (χ3n) is 3.26. The fraction of sp³-hybridized carbons (Fsp3) is 0.429. The zero-order chi connectivity index (χ0) is 16.3. The zero-order valence-electron chi connectivity index (χ0n) is 13.1. The van der Waals surface area contributed by atoms with Gasteiger partial charge in [0.05, 0.1) is 18.0 Å². The summed E-state index contributed by atoms with van der Waals surface area (Å²) in [6.45, 7) is 6.07. The van der Waals surface area contributed by atoms with Crippen molar-refractivity contribution < 1.29 is 13.2 Å². The Bertz CT molecular complexity index is 755. The van der Waals surface area contributed by atoms with Crippen molar-refractivity contribution >= 4 is 10.0 Å². The van der Waals surface area contributed by atoms with Gasteiger partial charge in [-0.2, -0.15) is 0 Å². The van der Waals surface area contributed by atoms with E-state index in [1.54, 1.807) is 29.7 Å².